The molecular weight excluding hydrogens is 440 g/mol. The second-order valence-corrected chi connectivity index (χ2v) is 11.0. The molecule has 182 valence electrons. The highest BCUT2D eigenvalue weighted by Crippen LogP contribution is 2.56. The van der Waals surface area contributed by atoms with Gasteiger partial charge in [0.25, 0.3) is 0 Å². The van der Waals surface area contributed by atoms with Gasteiger partial charge >= 0.3 is 0 Å². The maximum atomic E-state index is 14.2. The van der Waals surface area contributed by atoms with E-state index >= 15 is 0 Å². The molecule has 2 aromatic rings. The van der Waals surface area contributed by atoms with Crippen LogP contribution < -0.4 is 5.32 Å². The van der Waals surface area contributed by atoms with Crippen LogP contribution in [0.1, 0.15) is 39.2 Å². The molecule has 35 heavy (non-hydrogen) atoms. The minimum atomic E-state index is -1.26. The zero-order chi connectivity index (χ0) is 24.5. The number of fused-ring (bicyclic) bond motifs is 2. The largest absolute Gasteiger partial charge is 0.361 e. The molecular formula is C29H32N2O4. The van der Waals surface area contributed by atoms with Crippen molar-refractivity contribution in [3.8, 4) is 0 Å². The average Bonchev–Trinajstić information content (AvgIpc) is 3.45. The van der Waals surface area contributed by atoms with Gasteiger partial charge in [0.1, 0.15) is 11.5 Å². The van der Waals surface area contributed by atoms with Gasteiger partial charge in [-0.25, -0.2) is 0 Å². The Labute approximate surface area is 205 Å². The van der Waals surface area contributed by atoms with E-state index in [2.05, 4.69) is 42.4 Å². The van der Waals surface area contributed by atoms with Crippen LogP contribution in [0, 0.1) is 29.1 Å². The molecule has 4 aliphatic rings. The Hall–Kier alpha value is -2.99. The van der Waals surface area contributed by atoms with E-state index in [4.69, 9.17) is 4.74 Å². The minimum absolute atomic E-state index is 0.0278. The standard InChI is InChI=1S/C29H32N2O4/c1-15-7-6-8-19-12-16(2)17(3)24-22(13-18-14-30-21-10-5-4-9-20(18)21)31-28(34)29(19,24)27(33)26-25(35-26)23(32)11-15/h4-6,8-10,12,14-15,17,19,22,24-26,30H,7,11,13H2,1-3H3,(H,31,34)/b8-6+/t15-,17+,19-,22-,24-,25-,26+,29-/m0/s1. The van der Waals surface area contributed by atoms with Crippen LogP contribution in [0.4, 0.5) is 0 Å². The first-order chi connectivity index (χ1) is 16.8. The minimum Gasteiger partial charge on any atom is -0.361 e. The van der Waals surface area contributed by atoms with Crippen molar-refractivity contribution in [1.82, 2.24) is 10.3 Å². The second-order valence-electron chi connectivity index (χ2n) is 11.0. The Morgan fingerprint density at radius 1 is 1.11 bits per heavy atom. The summed E-state index contributed by atoms with van der Waals surface area (Å²) in [5.74, 6) is -0.850. The van der Waals surface area contributed by atoms with E-state index in [1.165, 1.54) is 5.57 Å². The van der Waals surface area contributed by atoms with Crippen LogP contribution in [-0.2, 0) is 25.5 Å². The van der Waals surface area contributed by atoms with E-state index in [0.29, 0.717) is 12.8 Å². The molecule has 2 aliphatic heterocycles. The summed E-state index contributed by atoms with van der Waals surface area (Å²) in [5, 5.41) is 4.38. The number of allylic oxidation sites excluding steroid dienone is 4. The van der Waals surface area contributed by atoms with Gasteiger partial charge in [-0.15, -0.1) is 0 Å². The molecule has 3 heterocycles. The van der Waals surface area contributed by atoms with Crippen LogP contribution in [0.15, 0.2) is 54.3 Å². The predicted molar refractivity (Wildman–Crippen MR) is 132 cm³/mol. The summed E-state index contributed by atoms with van der Waals surface area (Å²) in [6, 6.07) is 7.95. The van der Waals surface area contributed by atoms with Gasteiger partial charge in [-0.05, 0) is 43.2 Å². The molecule has 0 unspecified atom stereocenters. The predicted octanol–water partition coefficient (Wildman–Crippen LogP) is 3.92. The maximum absolute atomic E-state index is 14.2. The number of carbonyl (C=O) groups excluding carboxylic acids is 3. The summed E-state index contributed by atoms with van der Waals surface area (Å²) in [5.41, 5.74) is 2.12. The lowest BCUT2D eigenvalue weighted by Crippen LogP contribution is -2.54. The quantitative estimate of drug-likeness (QED) is 0.394. The van der Waals surface area contributed by atoms with Crippen LogP contribution in [0.5, 0.6) is 0 Å². The van der Waals surface area contributed by atoms with Gasteiger partial charge < -0.3 is 15.0 Å². The number of ether oxygens (including phenoxy) is 1. The number of carbonyl (C=O) groups is 3. The molecule has 6 rings (SSSR count). The fraction of sp³-hybridized carbons (Fsp3) is 0.483. The molecule has 1 amide bonds. The smallest absolute Gasteiger partial charge is 0.235 e. The molecule has 8 atom stereocenters. The van der Waals surface area contributed by atoms with Crippen molar-refractivity contribution >= 4 is 28.4 Å². The molecule has 1 aromatic heterocycles. The summed E-state index contributed by atoms with van der Waals surface area (Å²) in [4.78, 5) is 44.2. The molecule has 2 saturated heterocycles. The molecule has 0 radical (unpaired) electrons. The fourth-order valence-electron chi connectivity index (χ4n) is 6.97. The van der Waals surface area contributed by atoms with Crippen molar-refractivity contribution in [2.24, 2.45) is 29.1 Å². The molecule has 2 N–H and O–H groups in total. The van der Waals surface area contributed by atoms with Gasteiger partial charge in [-0.1, -0.05) is 55.8 Å². The van der Waals surface area contributed by atoms with Crippen molar-refractivity contribution in [1.29, 1.82) is 0 Å². The van der Waals surface area contributed by atoms with Gasteiger partial charge in [-0.3, -0.25) is 14.4 Å². The normalized spacial score (nSPS) is 39.7. The van der Waals surface area contributed by atoms with Gasteiger partial charge in [0, 0.05) is 41.4 Å². The summed E-state index contributed by atoms with van der Waals surface area (Å²) in [6.07, 6.45) is 8.44. The van der Waals surface area contributed by atoms with E-state index < -0.39 is 17.6 Å². The van der Waals surface area contributed by atoms with E-state index in [-0.39, 0.29) is 47.2 Å². The Morgan fingerprint density at radius 2 is 1.91 bits per heavy atom. The maximum Gasteiger partial charge on any atom is 0.235 e. The molecule has 0 saturated carbocycles. The number of epoxide rings is 1. The lowest BCUT2D eigenvalue weighted by atomic mass is 9.54. The summed E-state index contributed by atoms with van der Waals surface area (Å²) >= 11 is 0. The molecule has 1 aromatic carbocycles. The third-order valence-corrected chi connectivity index (χ3v) is 8.90. The number of rotatable bonds is 2. The van der Waals surface area contributed by atoms with Crippen molar-refractivity contribution in [3.05, 3.63) is 59.8 Å². The molecule has 6 nitrogen and oxygen atoms in total. The molecule has 0 bridgehead atoms. The first-order valence-electron chi connectivity index (χ1n) is 12.8. The zero-order valence-corrected chi connectivity index (χ0v) is 20.4. The highest BCUT2D eigenvalue weighted by Gasteiger charge is 2.69. The lowest BCUT2D eigenvalue weighted by molar-refractivity contribution is -0.146. The second kappa shape index (κ2) is 8.02. The van der Waals surface area contributed by atoms with Gasteiger partial charge in [0.05, 0.1) is 0 Å². The van der Waals surface area contributed by atoms with E-state index in [9.17, 15) is 14.4 Å². The molecule has 6 heteroatoms. The lowest BCUT2D eigenvalue weighted by Gasteiger charge is -2.44. The number of hydrogen-bond donors (Lipinski definition) is 2. The molecule has 2 aliphatic carbocycles. The van der Waals surface area contributed by atoms with Crippen molar-refractivity contribution < 1.29 is 19.1 Å². The number of hydrogen-bond acceptors (Lipinski definition) is 4. The van der Waals surface area contributed by atoms with E-state index in [1.807, 2.05) is 37.4 Å². The van der Waals surface area contributed by atoms with Gasteiger partial charge in [0.2, 0.25) is 5.91 Å². The van der Waals surface area contributed by atoms with Crippen LogP contribution in [0.2, 0.25) is 0 Å². The van der Waals surface area contributed by atoms with Crippen LogP contribution in [-0.4, -0.2) is 40.7 Å². The third kappa shape index (κ3) is 3.29. The number of aromatic nitrogens is 1. The van der Waals surface area contributed by atoms with Crippen LogP contribution in [0.25, 0.3) is 10.9 Å². The van der Waals surface area contributed by atoms with Gasteiger partial charge in [0.15, 0.2) is 17.7 Å². The first-order valence-corrected chi connectivity index (χ1v) is 12.8. The van der Waals surface area contributed by atoms with Gasteiger partial charge in [-0.2, -0.15) is 0 Å². The highest BCUT2D eigenvalue weighted by atomic mass is 16.6. The molecule has 1 spiro atoms. The number of aromatic amines is 1. The number of para-hydroxylation sites is 1. The Balaban J connectivity index is 1.45. The number of nitrogens with one attached hydrogen (secondary N) is 2. The number of Topliss-reactive ketones (excluding diaryl/α,β-unsaturated/α-hetero) is 2. The van der Waals surface area contributed by atoms with Crippen LogP contribution in [0.3, 0.4) is 0 Å². The summed E-state index contributed by atoms with van der Waals surface area (Å²) in [7, 11) is 0. The molecule has 2 fully saturated rings. The average molecular weight is 473 g/mol. The van der Waals surface area contributed by atoms with E-state index in [1.54, 1.807) is 0 Å². The number of benzene rings is 1. The number of amides is 1. The van der Waals surface area contributed by atoms with Crippen molar-refractivity contribution in [2.45, 2.75) is 58.3 Å². The fourth-order valence-corrected chi connectivity index (χ4v) is 6.97. The Morgan fingerprint density at radius 3 is 2.74 bits per heavy atom. The third-order valence-electron chi connectivity index (χ3n) is 8.90. The number of H-pyrrole nitrogens is 1. The topological polar surface area (TPSA) is 91.6 Å². The summed E-state index contributed by atoms with van der Waals surface area (Å²) < 4.78 is 5.69. The van der Waals surface area contributed by atoms with Crippen LogP contribution >= 0.6 is 0 Å². The number of ketones is 2. The monoisotopic (exact) mass is 472 g/mol. The highest BCUT2D eigenvalue weighted by molar-refractivity contribution is 6.14. The first kappa shape index (κ1) is 22.5. The zero-order valence-electron chi connectivity index (χ0n) is 20.4. The Bertz CT molecular complexity index is 1290. The van der Waals surface area contributed by atoms with Crippen molar-refractivity contribution in [2.75, 3.05) is 0 Å². The van der Waals surface area contributed by atoms with E-state index in [0.717, 1.165) is 22.9 Å². The van der Waals surface area contributed by atoms with Crippen molar-refractivity contribution in [3.63, 3.8) is 0 Å². The SMILES string of the molecule is CC1=C[C@@H]2/C=C/C[C@H](C)CC(=O)[C@@H]3O[C@H]3C(=O)[C@]23C(=O)N[C@@H](Cc2c[nH]c4ccccc24)[C@@H]3[C@@H]1C. The summed E-state index contributed by atoms with van der Waals surface area (Å²) in [6.45, 7) is 6.27. The Kier molecular flexibility index (Phi) is 5.15.